The summed E-state index contributed by atoms with van der Waals surface area (Å²) in [5.41, 5.74) is 1.02. The number of nitrogens with zero attached hydrogens (tertiary/aromatic N) is 1. The molecule has 136 valence electrons. The molecular formula is C19H18F2N2O2S. The minimum atomic E-state index is -0.699. The summed E-state index contributed by atoms with van der Waals surface area (Å²) in [4.78, 5) is 27.0. The zero-order valence-corrected chi connectivity index (χ0v) is 15.0. The number of thioether (sulfide) groups is 1. The van der Waals surface area contributed by atoms with Crippen LogP contribution in [0.25, 0.3) is 0 Å². The molecule has 3 rings (SSSR count). The number of halogens is 2. The maximum Gasteiger partial charge on any atom is 0.237 e. The van der Waals surface area contributed by atoms with Crippen LogP contribution in [-0.2, 0) is 9.59 Å². The van der Waals surface area contributed by atoms with Gasteiger partial charge >= 0.3 is 0 Å². The summed E-state index contributed by atoms with van der Waals surface area (Å²) in [5, 5.41) is 2.69. The van der Waals surface area contributed by atoms with Crippen molar-refractivity contribution < 1.29 is 18.4 Å². The van der Waals surface area contributed by atoms with E-state index >= 15 is 0 Å². The molecular weight excluding hydrogens is 358 g/mol. The molecule has 0 radical (unpaired) electrons. The second-order valence-corrected chi connectivity index (χ2v) is 7.02. The van der Waals surface area contributed by atoms with Gasteiger partial charge in [-0.2, -0.15) is 0 Å². The fourth-order valence-electron chi connectivity index (χ4n) is 2.86. The Bertz CT molecular complexity index is 844. The molecule has 1 N–H and O–H groups in total. The van der Waals surface area contributed by atoms with Gasteiger partial charge in [0, 0.05) is 29.5 Å². The Morgan fingerprint density at radius 1 is 1.27 bits per heavy atom. The van der Waals surface area contributed by atoms with Crippen LogP contribution in [0.3, 0.4) is 0 Å². The quantitative estimate of drug-likeness (QED) is 0.866. The van der Waals surface area contributed by atoms with E-state index in [0.717, 1.165) is 22.7 Å². The van der Waals surface area contributed by atoms with Gasteiger partial charge in [-0.15, -0.1) is 11.8 Å². The third kappa shape index (κ3) is 4.04. The lowest BCUT2D eigenvalue weighted by molar-refractivity contribution is -0.121. The molecule has 1 atom stereocenters. The molecule has 1 aliphatic heterocycles. The number of rotatable bonds is 5. The molecule has 0 saturated carbocycles. The summed E-state index contributed by atoms with van der Waals surface area (Å²) in [6.07, 6.45) is 0.0951. The number of benzene rings is 2. The van der Waals surface area contributed by atoms with E-state index in [1.54, 1.807) is 11.8 Å². The molecule has 0 fully saturated rings. The van der Waals surface area contributed by atoms with Gasteiger partial charge < -0.3 is 10.2 Å². The molecule has 1 aliphatic rings. The second kappa shape index (κ2) is 7.86. The van der Waals surface area contributed by atoms with Crippen LogP contribution in [0.15, 0.2) is 47.4 Å². The molecule has 7 heteroatoms. The van der Waals surface area contributed by atoms with Gasteiger partial charge in [0.1, 0.15) is 11.6 Å². The lowest BCUT2D eigenvalue weighted by atomic mass is 10.1. The zero-order valence-electron chi connectivity index (χ0n) is 14.2. The van der Waals surface area contributed by atoms with Crippen molar-refractivity contribution in [2.24, 2.45) is 0 Å². The lowest BCUT2D eigenvalue weighted by Gasteiger charge is -2.28. The third-order valence-electron chi connectivity index (χ3n) is 4.18. The fourth-order valence-corrected chi connectivity index (χ4v) is 3.79. The van der Waals surface area contributed by atoms with E-state index in [2.05, 4.69) is 5.32 Å². The van der Waals surface area contributed by atoms with E-state index in [-0.39, 0.29) is 30.3 Å². The van der Waals surface area contributed by atoms with Gasteiger partial charge in [-0.1, -0.05) is 18.2 Å². The van der Waals surface area contributed by atoms with Gasteiger partial charge in [0.25, 0.3) is 0 Å². The van der Waals surface area contributed by atoms with E-state index in [4.69, 9.17) is 0 Å². The first-order valence-electron chi connectivity index (χ1n) is 8.22. The van der Waals surface area contributed by atoms with Crippen LogP contribution in [0.2, 0.25) is 0 Å². The van der Waals surface area contributed by atoms with Crippen molar-refractivity contribution in [1.29, 1.82) is 0 Å². The number of anilines is 1. The molecule has 2 aromatic rings. The average molecular weight is 376 g/mol. The third-order valence-corrected chi connectivity index (χ3v) is 5.22. The van der Waals surface area contributed by atoms with E-state index in [9.17, 15) is 18.4 Å². The van der Waals surface area contributed by atoms with Crippen molar-refractivity contribution in [3.8, 4) is 0 Å². The summed E-state index contributed by atoms with van der Waals surface area (Å²) in [6.45, 7) is 1.88. The number of hydrogen-bond acceptors (Lipinski definition) is 3. The summed E-state index contributed by atoms with van der Waals surface area (Å²) >= 11 is 1.48. The van der Waals surface area contributed by atoms with Crippen LogP contribution in [-0.4, -0.2) is 24.1 Å². The average Bonchev–Trinajstić information content (AvgIpc) is 2.60. The highest BCUT2D eigenvalue weighted by Gasteiger charge is 2.25. The number of hydrogen-bond donors (Lipinski definition) is 1. The van der Waals surface area contributed by atoms with Gasteiger partial charge in [0.15, 0.2) is 0 Å². The van der Waals surface area contributed by atoms with Gasteiger partial charge in [0.05, 0.1) is 17.5 Å². The summed E-state index contributed by atoms with van der Waals surface area (Å²) < 4.78 is 26.8. The molecule has 4 nitrogen and oxygen atoms in total. The first kappa shape index (κ1) is 18.4. The number of fused-ring (bicyclic) bond motifs is 1. The minimum Gasteiger partial charge on any atom is -0.349 e. The predicted octanol–water partition coefficient (Wildman–Crippen LogP) is 3.67. The first-order valence-corrected chi connectivity index (χ1v) is 9.21. The summed E-state index contributed by atoms with van der Waals surface area (Å²) in [5.74, 6) is -1.36. The molecule has 0 unspecified atom stereocenters. The highest BCUT2D eigenvalue weighted by molar-refractivity contribution is 8.00. The monoisotopic (exact) mass is 376 g/mol. The van der Waals surface area contributed by atoms with Crippen LogP contribution in [0, 0.1) is 11.6 Å². The van der Waals surface area contributed by atoms with Gasteiger partial charge in [-0.05, 0) is 25.1 Å². The topological polar surface area (TPSA) is 49.4 Å². The van der Waals surface area contributed by atoms with Crippen LogP contribution < -0.4 is 10.2 Å². The number of amides is 2. The van der Waals surface area contributed by atoms with E-state index in [0.29, 0.717) is 5.75 Å². The summed E-state index contributed by atoms with van der Waals surface area (Å²) in [7, 11) is 0. The molecule has 2 aromatic carbocycles. The predicted molar refractivity (Wildman–Crippen MR) is 97.1 cm³/mol. The highest BCUT2D eigenvalue weighted by Crippen LogP contribution is 2.34. The normalized spacial score (nSPS) is 14.7. The Kier molecular flexibility index (Phi) is 5.56. The Balaban J connectivity index is 1.61. The smallest absolute Gasteiger partial charge is 0.237 e. The Morgan fingerprint density at radius 2 is 2.04 bits per heavy atom. The minimum absolute atomic E-state index is 0.0425. The molecule has 2 amide bonds. The summed E-state index contributed by atoms with van der Waals surface area (Å²) in [6, 6.07) is 10.2. The Morgan fingerprint density at radius 3 is 2.81 bits per heavy atom. The largest absolute Gasteiger partial charge is 0.349 e. The molecule has 26 heavy (non-hydrogen) atoms. The molecule has 0 bridgehead atoms. The molecule has 1 heterocycles. The van der Waals surface area contributed by atoms with Crippen LogP contribution in [0.4, 0.5) is 14.5 Å². The SMILES string of the molecule is C[C@@H](NC(=O)CCN1C(=O)CSc2ccccc21)c1ccc(F)cc1F. The maximum absolute atomic E-state index is 13.8. The van der Waals surface area contributed by atoms with Crippen LogP contribution >= 0.6 is 11.8 Å². The highest BCUT2D eigenvalue weighted by atomic mass is 32.2. The fraction of sp³-hybridized carbons (Fsp3) is 0.263. The Labute approximate surface area is 154 Å². The number of nitrogens with one attached hydrogen (secondary N) is 1. The second-order valence-electron chi connectivity index (χ2n) is 6.01. The van der Waals surface area contributed by atoms with Crippen molar-refractivity contribution in [2.75, 3.05) is 17.2 Å². The van der Waals surface area contributed by atoms with Crippen molar-refractivity contribution >= 4 is 29.3 Å². The van der Waals surface area contributed by atoms with Crippen LogP contribution in [0.1, 0.15) is 24.9 Å². The maximum atomic E-state index is 13.8. The van der Waals surface area contributed by atoms with Crippen molar-refractivity contribution in [2.45, 2.75) is 24.3 Å². The van der Waals surface area contributed by atoms with Crippen LogP contribution in [0.5, 0.6) is 0 Å². The van der Waals surface area contributed by atoms with Crippen molar-refractivity contribution in [1.82, 2.24) is 5.32 Å². The van der Waals surface area contributed by atoms with Crippen molar-refractivity contribution in [3.05, 3.63) is 59.7 Å². The zero-order chi connectivity index (χ0) is 18.7. The Hall–Kier alpha value is -2.41. The number of carbonyl (C=O) groups is 2. The van der Waals surface area contributed by atoms with E-state index < -0.39 is 17.7 Å². The first-order chi connectivity index (χ1) is 12.5. The number of carbonyl (C=O) groups excluding carboxylic acids is 2. The number of para-hydroxylation sites is 1. The van der Waals surface area contributed by atoms with Gasteiger partial charge in [-0.3, -0.25) is 9.59 Å². The molecule has 0 saturated heterocycles. The van der Waals surface area contributed by atoms with Gasteiger partial charge in [-0.25, -0.2) is 8.78 Å². The van der Waals surface area contributed by atoms with Crippen molar-refractivity contribution in [3.63, 3.8) is 0 Å². The molecule has 0 aliphatic carbocycles. The molecule has 0 aromatic heterocycles. The van der Waals surface area contributed by atoms with E-state index in [1.807, 2.05) is 24.3 Å². The van der Waals surface area contributed by atoms with Gasteiger partial charge in [0.2, 0.25) is 11.8 Å². The van der Waals surface area contributed by atoms with E-state index in [1.165, 1.54) is 17.8 Å². The molecule has 0 spiro atoms. The standard InChI is InChI=1S/C19H18F2N2O2S/c1-12(14-7-6-13(20)10-15(14)21)22-18(24)8-9-23-16-4-2-3-5-17(16)26-11-19(23)25/h2-7,10,12H,8-9,11H2,1H3,(H,22,24)/t12-/m1/s1. The lowest BCUT2D eigenvalue weighted by Crippen LogP contribution is -2.38.